The standard InChI is InChI=1S/C17H19FN2O6/c1-5-6-19-8-12(21)20(16(19)24)9-26-15(23)13-10(17(13,2)3)7-11(18)14(22)25-4/h1,7,10,13H,6,8-9H2,2-4H3/b11-7+/t10-,13-/m0/s1. The third-order valence-electron chi connectivity index (χ3n) is 4.62. The number of hydrogen-bond donors (Lipinski definition) is 0. The van der Waals surface area contributed by atoms with Crippen LogP contribution in [0.15, 0.2) is 11.9 Å². The molecule has 0 unspecified atom stereocenters. The molecular formula is C17H19FN2O6. The number of amides is 3. The minimum absolute atomic E-state index is 0.0235. The maximum atomic E-state index is 13.6. The summed E-state index contributed by atoms with van der Waals surface area (Å²) in [7, 11) is 1.05. The largest absolute Gasteiger partial charge is 0.464 e. The van der Waals surface area contributed by atoms with Crippen molar-refractivity contribution in [1.29, 1.82) is 0 Å². The van der Waals surface area contributed by atoms with Crippen LogP contribution in [0.25, 0.3) is 0 Å². The Morgan fingerprint density at radius 3 is 2.65 bits per heavy atom. The van der Waals surface area contributed by atoms with E-state index in [1.165, 1.54) is 0 Å². The number of ether oxygens (including phenoxy) is 2. The van der Waals surface area contributed by atoms with Crippen LogP contribution in [0, 0.1) is 29.6 Å². The van der Waals surface area contributed by atoms with E-state index in [4.69, 9.17) is 11.2 Å². The van der Waals surface area contributed by atoms with Gasteiger partial charge < -0.3 is 14.4 Å². The van der Waals surface area contributed by atoms with Gasteiger partial charge in [0.2, 0.25) is 5.83 Å². The first-order valence-electron chi connectivity index (χ1n) is 7.80. The van der Waals surface area contributed by atoms with E-state index in [9.17, 15) is 23.6 Å². The molecule has 1 heterocycles. The molecule has 0 N–H and O–H groups in total. The Morgan fingerprint density at radius 1 is 1.42 bits per heavy atom. The lowest BCUT2D eigenvalue weighted by molar-refractivity contribution is -0.151. The molecule has 0 aromatic carbocycles. The summed E-state index contributed by atoms with van der Waals surface area (Å²) in [5, 5.41) is 0. The van der Waals surface area contributed by atoms with Gasteiger partial charge in [-0.2, -0.15) is 4.39 Å². The van der Waals surface area contributed by atoms with E-state index in [-0.39, 0.29) is 13.1 Å². The van der Waals surface area contributed by atoms with E-state index in [2.05, 4.69) is 10.7 Å². The van der Waals surface area contributed by atoms with Crippen molar-refractivity contribution in [2.24, 2.45) is 17.3 Å². The highest BCUT2D eigenvalue weighted by Crippen LogP contribution is 2.59. The number of hydrogen-bond acceptors (Lipinski definition) is 6. The van der Waals surface area contributed by atoms with Gasteiger partial charge in [-0.1, -0.05) is 19.8 Å². The van der Waals surface area contributed by atoms with Crippen molar-refractivity contribution in [1.82, 2.24) is 9.80 Å². The Hall–Kier alpha value is -2.89. The number of halogens is 1. The number of imide groups is 1. The lowest BCUT2D eigenvalue weighted by atomic mass is 10.1. The number of rotatable bonds is 6. The summed E-state index contributed by atoms with van der Waals surface area (Å²) in [5.41, 5.74) is -0.628. The molecule has 3 amide bonds. The van der Waals surface area contributed by atoms with E-state index >= 15 is 0 Å². The molecule has 1 aliphatic carbocycles. The van der Waals surface area contributed by atoms with Gasteiger partial charge >= 0.3 is 18.0 Å². The zero-order chi connectivity index (χ0) is 19.6. The summed E-state index contributed by atoms with van der Waals surface area (Å²) in [6.45, 7) is 2.69. The SMILES string of the molecule is C#CCN1CC(=O)N(COC(=O)[C@@H]2[C@H](/C=C(/F)C(=O)OC)C2(C)C)C1=O. The van der Waals surface area contributed by atoms with Crippen LogP contribution < -0.4 is 0 Å². The van der Waals surface area contributed by atoms with Crippen molar-refractivity contribution in [3.63, 3.8) is 0 Å². The van der Waals surface area contributed by atoms with Crippen molar-refractivity contribution in [2.45, 2.75) is 13.8 Å². The average Bonchev–Trinajstić information content (AvgIpc) is 3.01. The average molecular weight is 366 g/mol. The summed E-state index contributed by atoms with van der Waals surface area (Å²) in [5.74, 6) is -2.43. The molecule has 8 nitrogen and oxygen atoms in total. The van der Waals surface area contributed by atoms with Gasteiger partial charge in [-0.15, -0.1) is 6.42 Å². The molecule has 2 aliphatic rings. The quantitative estimate of drug-likeness (QED) is 0.297. The van der Waals surface area contributed by atoms with Crippen molar-refractivity contribution in [3.8, 4) is 12.3 Å². The van der Waals surface area contributed by atoms with E-state index in [0.717, 1.165) is 23.0 Å². The van der Waals surface area contributed by atoms with Crippen LogP contribution in [0.2, 0.25) is 0 Å². The Morgan fingerprint density at radius 2 is 2.08 bits per heavy atom. The van der Waals surface area contributed by atoms with Gasteiger partial charge in [0.25, 0.3) is 5.91 Å². The van der Waals surface area contributed by atoms with Crippen LogP contribution in [-0.4, -0.2) is 60.6 Å². The van der Waals surface area contributed by atoms with E-state index in [1.807, 2.05) is 0 Å². The fourth-order valence-electron chi connectivity index (χ4n) is 2.93. The second-order valence-electron chi connectivity index (χ2n) is 6.59. The molecule has 0 aromatic rings. The monoisotopic (exact) mass is 366 g/mol. The third kappa shape index (κ3) is 3.54. The maximum Gasteiger partial charge on any atom is 0.366 e. The molecule has 1 aliphatic heterocycles. The second-order valence-corrected chi connectivity index (χ2v) is 6.59. The molecule has 0 aromatic heterocycles. The molecule has 2 fully saturated rings. The highest BCUT2D eigenvalue weighted by Gasteiger charge is 2.62. The van der Waals surface area contributed by atoms with Crippen LogP contribution in [0.3, 0.4) is 0 Å². The number of methoxy groups -OCH3 is 1. The molecule has 1 saturated heterocycles. The maximum absolute atomic E-state index is 13.6. The smallest absolute Gasteiger partial charge is 0.366 e. The third-order valence-corrected chi connectivity index (χ3v) is 4.62. The van der Waals surface area contributed by atoms with Gasteiger partial charge in [-0.05, 0) is 17.4 Å². The Labute approximate surface area is 149 Å². The zero-order valence-electron chi connectivity index (χ0n) is 14.7. The predicted molar refractivity (Wildman–Crippen MR) is 85.6 cm³/mol. The summed E-state index contributed by atoms with van der Waals surface area (Å²) in [6.07, 6.45) is 6.15. The lowest BCUT2D eigenvalue weighted by Gasteiger charge is -2.15. The van der Waals surface area contributed by atoms with Crippen molar-refractivity contribution < 1.29 is 33.0 Å². The van der Waals surface area contributed by atoms with Crippen molar-refractivity contribution in [3.05, 3.63) is 11.9 Å². The fraction of sp³-hybridized carbons (Fsp3) is 0.529. The molecule has 0 bridgehead atoms. The number of carbonyl (C=O) groups excluding carboxylic acids is 4. The van der Waals surface area contributed by atoms with Gasteiger partial charge in [-0.25, -0.2) is 14.5 Å². The number of urea groups is 1. The van der Waals surface area contributed by atoms with Crippen molar-refractivity contribution >= 4 is 23.9 Å². The van der Waals surface area contributed by atoms with Crippen LogP contribution >= 0.6 is 0 Å². The fourth-order valence-corrected chi connectivity index (χ4v) is 2.93. The molecule has 26 heavy (non-hydrogen) atoms. The molecule has 0 spiro atoms. The van der Waals surface area contributed by atoms with Crippen LogP contribution in [0.4, 0.5) is 9.18 Å². The molecular weight excluding hydrogens is 347 g/mol. The number of terminal acetylenes is 1. The molecule has 0 radical (unpaired) electrons. The molecule has 1 saturated carbocycles. The lowest BCUT2D eigenvalue weighted by Crippen LogP contribution is -2.36. The number of esters is 2. The topological polar surface area (TPSA) is 93.2 Å². The van der Waals surface area contributed by atoms with Gasteiger partial charge in [0.15, 0.2) is 6.73 Å². The Balaban J connectivity index is 1.96. The summed E-state index contributed by atoms with van der Waals surface area (Å²) < 4.78 is 23.0. The van der Waals surface area contributed by atoms with Crippen LogP contribution in [0.1, 0.15) is 13.8 Å². The Bertz CT molecular complexity index is 723. The number of nitrogens with zero attached hydrogens (tertiary/aromatic N) is 2. The Kier molecular flexibility index (Phi) is 5.35. The molecule has 2 atom stereocenters. The predicted octanol–water partition coefficient (Wildman–Crippen LogP) is 0.683. The zero-order valence-corrected chi connectivity index (χ0v) is 14.7. The minimum atomic E-state index is -1.12. The molecule has 9 heteroatoms. The molecule has 2 rings (SSSR count). The van der Waals surface area contributed by atoms with Gasteiger partial charge in [0.05, 0.1) is 19.6 Å². The van der Waals surface area contributed by atoms with Crippen LogP contribution in [0.5, 0.6) is 0 Å². The summed E-state index contributed by atoms with van der Waals surface area (Å²) in [6, 6.07) is -0.635. The second kappa shape index (κ2) is 7.15. The van der Waals surface area contributed by atoms with Gasteiger partial charge in [0.1, 0.15) is 6.54 Å². The van der Waals surface area contributed by atoms with E-state index in [1.54, 1.807) is 13.8 Å². The molecule has 140 valence electrons. The van der Waals surface area contributed by atoms with Gasteiger partial charge in [0, 0.05) is 0 Å². The van der Waals surface area contributed by atoms with E-state index < -0.39 is 53.7 Å². The first-order valence-corrected chi connectivity index (χ1v) is 7.80. The van der Waals surface area contributed by atoms with Gasteiger partial charge in [-0.3, -0.25) is 9.59 Å². The van der Waals surface area contributed by atoms with Crippen LogP contribution in [-0.2, 0) is 23.9 Å². The summed E-state index contributed by atoms with van der Waals surface area (Å²) >= 11 is 0. The highest BCUT2D eigenvalue weighted by atomic mass is 19.1. The minimum Gasteiger partial charge on any atom is -0.464 e. The first kappa shape index (κ1) is 19.4. The highest BCUT2D eigenvalue weighted by molar-refractivity contribution is 6.02. The number of carbonyl (C=O) groups is 4. The normalized spacial score (nSPS) is 24.3. The first-order chi connectivity index (χ1) is 12.1. The van der Waals surface area contributed by atoms with Crippen molar-refractivity contribution in [2.75, 3.05) is 26.9 Å². The van der Waals surface area contributed by atoms with E-state index in [0.29, 0.717) is 0 Å². The number of allylic oxidation sites excluding steroid dienone is 1. The summed E-state index contributed by atoms with van der Waals surface area (Å²) in [4.78, 5) is 49.1.